The van der Waals surface area contributed by atoms with Crippen LogP contribution in [0.1, 0.15) is 56.9 Å². The fourth-order valence-electron chi connectivity index (χ4n) is 6.60. The third-order valence-electron chi connectivity index (χ3n) is 7.69. The zero-order valence-electron chi connectivity index (χ0n) is 17.7. The zero-order valence-corrected chi connectivity index (χ0v) is 18.4. The standard InChI is InChI=1S/C24H31ClN2O3/c1-30-20-6-2-16(3-7-20)14-27(19-4-5-19)21(28)13-26-22(29)23-9-17-8-18(10-23)12-24(25,11-17)15-23/h2-3,6-7,17-19H,4-5,8-15H2,1H3,(H,26,29)/t17-,18+,23?,24?. The number of benzene rings is 1. The molecule has 2 unspecified atom stereocenters. The van der Waals surface area contributed by atoms with Crippen molar-refractivity contribution in [1.29, 1.82) is 0 Å². The number of hydrogen-bond acceptors (Lipinski definition) is 3. The molecule has 0 radical (unpaired) electrons. The van der Waals surface area contributed by atoms with Gasteiger partial charge in [-0.1, -0.05) is 12.1 Å². The lowest BCUT2D eigenvalue weighted by Gasteiger charge is -2.59. The fourth-order valence-corrected chi connectivity index (χ4v) is 7.29. The van der Waals surface area contributed by atoms with Gasteiger partial charge in [-0.15, -0.1) is 11.6 Å². The predicted molar refractivity (Wildman–Crippen MR) is 115 cm³/mol. The van der Waals surface area contributed by atoms with E-state index in [0.717, 1.165) is 56.3 Å². The van der Waals surface area contributed by atoms with Crippen molar-refractivity contribution in [3.05, 3.63) is 29.8 Å². The summed E-state index contributed by atoms with van der Waals surface area (Å²) in [6, 6.07) is 8.12. The Morgan fingerprint density at radius 3 is 2.37 bits per heavy atom. The Morgan fingerprint density at radius 1 is 1.13 bits per heavy atom. The molecular weight excluding hydrogens is 400 g/mol. The largest absolute Gasteiger partial charge is 0.497 e. The molecule has 5 aliphatic rings. The zero-order chi connectivity index (χ0) is 20.9. The van der Waals surface area contributed by atoms with Gasteiger partial charge in [-0.05, 0) is 80.9 Å². The molecule has 0 saturated heterocycles. The summed E-state index contributed by atoms with van der Waals surface area (Å²) in [6.45, 7) is 0.654. The van der Waals surface area contributed by atoms with Crippen molar-refractivity contribution in [2.24, 2.45) is 17.3 Å². The monoisotopic (exact) mass is 430 g/mol. The number of carbonyl (C=O) groups excluding carboxylic acids is 2. The van der Waals surface area contributed by atoms with Crippen molar-refractivity contribution < 1.29 is 14.3 Å². The van der Waals surface area contributed by atoms with E-state index in [4.69, 9.17) is 16.3 Å². The number of hydrogen-bond donors (Lipinski definition) is 1. The summed E-state index contributed by atoms with van der Waals surface area (Å²) >= 11 is 6.88. The maximum Gasteiger partial charge on any atom is 0.242 e. The number of methoxy groups -OCH3 is 1. The Morgan fingerprint density at radius 2 is 1.80 bits per heavy atom. The van der Waals surface area contributed by atoms with E-state index in [0.29, 0.717) is 24.4 Å². The van der Waals surface area contributed by atoms with Crippen LogP contribution in [0.15, 0.2) is 24.3 Å². The summed E-state index contributed by atoms with van der Waals surface area (Å²) in [7, 11) is 1.65. The summed E-state index contributed by atoms with van der Waals surface area (Å²) in [6.07, 6.45) is 8.06. The van der Waals surface area contributed by atoms with Gasteiger partial charge in [0.25, 0.3) is 0 Å². The van der Waals surface area contributed by atoms with Gasteiger partial charge >= 0.3 is 0 Å². The van der Waals surface area contributed by atoms with Crippen LogP contribution in [0, 0.1) is 17.3 Å². The Hall–Kier alpha value is -1.75. The van der Waals surface area contributed by atoms with Crippen LogP contribution < -0.4 is 10.1 Å². The number of halogens is 1. The average Bonchev–Trinajstić information content (AvgIpc) is 3.53. The Kier molecular flexibility index (Phi) is 5.00. The molecule has 4 atom stereocenters. The van der Waals surface area contributed by atoms with Gasteiger partial charge in [-0.3, -0.25) is 9.59 Å². The molecule has 5 nitrogen and oxygen atoms in total. The highest BCUT2D eigenvalue weighted by atomic mass is 35.5. The molecule has 1 N–H and O–H groups in total. The maximum atomic E-state index is 13.2. The van der Waals surface area contributed by atoms with Gasteiger partial charge in [-0.25, -0.2) is 0 Å². The second-order valence-electron chi connectivity index (χ2n) is 10.2. The van der Waals surface area contributed by atoms with Crippen molar-refractivity contribution in [2.75, 3.05) is 13.7 Å². The number of alkyl halides is 1. The lowest BCUT2D eigenvalue weighted by molar-refractivity contribution is -0.146. The normalized spacial score (nSPS) is 33.9. The molecule has 6 rings (SSSR count). The van der Waals surface area contributed by atoms with Crippen LogP contribution in [-0.2, 0) is 16.1 Å². The molecule has 0 spiro atoms. The van der Waals surface area contributed by atoms with Crippen molar-refractivity contribution in [1.82, 2.24) is 10.2 Å². The number of rotatable bonds is 7. The molecule has 30 heavy (non-hydrogen) atoms. The van der Waals surface area contributed by atoms with E-state index in [1.54, 1.807) is 7.11 Å². The molecule has 0 aliphatic heterocycles. The second kappa shape index (κ2) is 7.44. The lowest BCUT2D eigenvalue weighted by atomic mass is 9.49. The number of nitrogens with zero attached hydrogens (tertiary/aromatic N) is 1. The Balaban J connectivity index is 1.21. The van der Waals surface area contributed by atoms with Crippen LogP contribution in [0.5, 0.6) is 5.75 Å². The first kappa shape index (κ1) is 20.2. The third-order valence-corrected chi connectivity index (χ3v) is 8.13. The van der Waals surface area contributed by atoms with E-state index in [9.17, 15) is 9.59 Å². The molecule has 4 bridgehead atoms. The quantitative estimate of drug-likeness (QED) is 0.668. The van der Waals surface area contributed by atoms with Gasteiger partial charge in [0.15, 0.2) is 0 Å². The topological polar surface area (TPSA) is 58.6 Å². The maximum absolute atomic E-state index is 13.2. The smallest absolute Gasteiger partial charge is 0.242 e. The van der Waals surface area contributed by atoms with E-state index in [-0.39, 0.29) is 28.6 Å². The minimum absolute atomic E-state index is 0.00647. The molecule has 6 heteroatoms. The highest BCUT2D eigenvalue weighted by molar-refractivity contribution is 6.24. The van der Waals surface area contributed by atoms with Crippen molar-refractivity contribution >= 4 is 23.4 Å². The van der Waals surface area contributed by atoms with E-state index in [1.807, 2.05) is 29.2 Å². The van der Waals surface area contributed by atoms with Gasteiger partial charge < -0.3 is 15.0 Å². The molecule has 162 valence electrons. The number of carbonyl (C=O) groups is 2. The fraction of sp³-hybridized carbons (Fsp3) is 0.667. The summed E-state index contributed by atoms with van der Waals surface area (Å²) < 4.78 is 5.22. The number of ether oxygens (including phenoxy) is 1. The summed E-state index contributed by atoms with van der Waals surface area (Å²) in [4.78, 5) is 28.0. The summed E-state index contributed by atoms with van der Waals surface area (Å²) in [5.74, 6) is 2.01. The third kappa shape index (κ3) is 3.81. The molecule has 5 fully saturated rings. The van der Waals surface area contributed by atoms with E-state index in [2.05, 4.69) is 5.32 Å². The predicted octanol–water partition coefficient (Wildman–Crippen LogP) is 3.88. The Labute approximate surface area is 183 Å². The molecule has 0 aromatic heterocycles. The van der Waals surface area contributed by atoms with E-state index in [1.165, 1.54) is 6.42 Å². The first-order chi connectivity index (χ1) is 14.4. The minimum atomic E-state index is -0.355. The molecule has 1 aromatic rings. The number of nitrogens with one attached hydrogen (secondary N) is 1. The van der Waals surface area contributed by atoms with Crippen molar-refractivity contribution in [3.8, 4) is 5.75 Å². The number of amides is 2. The lowest BCUT2D eigenvalue weighted by Crippen LogP contribution is -2.59. The minimum Gasteiger partial charge on any atom is -0.497 e. The molecule has 5 saturated carbocycles. The van der Waals surface area contributed by atoms with Gasteiger partial charge in [-0.2, -0.15) is 0 Å². The highest BCUT2D eigenvalue weighted by Gasteiger charge is 2.60. The van der Waals surface area contributed by atoms with Crippen LogP contribution in [0.2, 0.25) is 0 Å². The van der Waals surface area contributed by atoms with Crippen LogP contribution in [0.25, 0.3) is 0 Å². The van der Waals surface area contributed by atoms with Crippen LogP contribution in [-0.4, -0.2) is 41.3 Å². The summed E-state index contributed by atoms with van der Waals surface area (Å²) in [5.41, 5.74) is 0.722. The second-order valence-corrected chi connectivity index (χ2v) is 11.0. The van der Waals surface area contributed by atoms with Gasteiger partial charge in [0.05, 0.1) is 19.1 Å². The van der Waals surface area contributed by atoms with Crippen molar-refractivity contribution in [3.63, 3.8) is 0 Å². The molecule has 5 aliphatic carbocycles. The van der Waals surface area contributed by atoms with Gasteiger partial charge in [0, 0.05) is 17.5 Å². The van der Waals surface area contributed by atoms with Gasteiger partial charge in [0.2, 0.25) is 11.8 Å². The molecule has 0 heterocycles. The first-order valence-electron chi connectivity index (χ1n) is 11.3. The SMILES string of the molecule is COc1ccc(CN(C(=O)CNC(=O)C23C[C@@H]4C[C@@H](CC(Cl)(C4)C2)C3)C2CC2)cc1. The summed E-state index contributed by atoms with van der Waals surface area (Å²) in [5, 5.41) is 3.02. The van der Waals surface area contributed by atoms with Crippen LogP contribution in [0.3, 0.4) is 0 Å². The van der Waals surface area contributed by atoms with E-state index < -0.39 is 0 Å². The highest BCUT2D eigenvalue weighted by Crippen LogP contribution is 2.63. The Bertz CT molecular complexity index is 821. The van der Waals surface area contributed by atoms with Crippen LogP contribution in [0.4, 0.5) is 0 Å². The molecular formula is C24H31ClN2O3. The first-order valence-corrected chi connectivity index (χ1v) is 11.7. The van der Waals surface area contributed by atoms with E-state index >= 15 is 0 Å². The van der Waals surface area contributed by atoms with Crippen molar-refractivity contribution in [2.45, 2.75) is 68.8 Å². The molecule has 2 amide bonds. The van der Waals surface area contributed by atoms with Crippen LogP contribution >= 0.6 is 11.6 Å². The molecule has 1 aromatic carbocycles. The van der Waals surface area contributed by atoms with Gasteiger partial charge in [0.1, 0.15) is 5.75 Å². The average molecular weight is 431 g/mol.